The summed E-state index contributed by atoms with van der Waals surface area (Å²) in [4.78, 5) is 38.9. The lowest BCUT2D eigenvalue weighted by molar-refractivity contribution is -0.131. The smallest absolute Gasteiger partial charge is 0.319 e. The first-order valence-electron chi connectivity index (χ1n) is 8.07. The predicted molar refractivity (Wildman–Crippen MR) is 99.4 cm³/mol. The predicted octanol–water partition coefficient (Wildman–Crippen LogP) is 4.03. The fourth-order valence-electron chi connectivity index (χ4n) is 3.04. The van der Waals surface area contributed by atoms with Gasteiger partial charge in [-0.25, -0.2) is 4.79 Å². The van der Waals surface area contributed by atoms with Gasteiger partial charge in [-0.2, -0.15) is 0 Å². The zero-order chi connectivity index (χ0) is 18.9. The van der Waals surface area contributed by atoms with Gasteiger partial charge in [0.05, 0.1) is 16.6 Å². The molecular formula is C19H16Cl2N2O3. The van der Waals surface area contributed by atoms with Gasteiger partial charge in [0.15, 0.2) is 5.78 Å². The van der Waals surface area contributed by atoms with Crippen molar-refractivity contribution in [3.05, 3.63) is 69.7 Å². The number of Topliss-reactive ketones (excluding diaryl/α,β-unsaturated/α-hetero) is 1. The minimum atomic E-state index is -1.16. The quantitative estimate of drug-likeness (QED) is 0.618. The Kier molecular flexibility index (Phi) is 5.03. The van der Waals surface area contributed by atoms with Crippen LogP contribution in [-0.4, -0.2) is 29.2 Å². The number of nitrogens with zero attached hydrogens (tertiary/aromatic N) is 1. The van der Waals surface area contributed by atoms with Gasteiger partial charge in [0.25, 0.3) is 5.91 Å². The Labute approximate surface area is 160 Å². The van der Waals surface area contributed by atoms with Crippen LogP contribution in [0.1, 0.15) is 29.3 Å². The molecular weight excluding hydrogens is 375 g/mol. The maximum absolute atomic E-state index is 13.0. The van der Waals surface area contributed by atoms with E-state index in [0.29, 0.717) is 17.0 Å². The lowest BCUT2D eigenvalue weighted by atomic mass is 9.87. The normalized spacial score (nSPS) is 19.6. The first-order valence-corrected chi connectivity index (χ1v) is 8.82. The minimum absolute atomic E-state index is 0.238. The van der Waals surface area contributed by atoms with Crippen LogP contribution in [0.25, 0.3) is 0 Å². The maximum atomic E-state index is 13.0. The van der Waals surface area contributed by atoms with Gasteiger partial charge in [-0.15, -0.1) is 0 Å². The summed E-state index contributed by atoms with van der Waals surface area (Å²) in [5, 5.41) is 3.31. The van der Waals surface area contributed by atoms with E-state index in [4.69, 9.17) is 23.2 Å². The molecule has 1 heterocycles. The molecule has 2 aromatic carbocycles. The summed E-state index contributed by atoms with van der Waals surface area (Å²) >= 11 is 11.8. The van der Waals surface area contributed by atoms with E-state index in [9.17, 15) is 14.4 Å². The summed E-state index contributed by atoms with van der Waals surface area (Å²) in [7, 11) is 0. The Morgan fingerprint density at radius 3 is 2.38 bits per heavy atom. The lowest BCUT2D eigenvalue weighted by Crippen LogP contribution is -2.43. The van der Waals surface area contributed by atoms with Crippen molar-refractivity contribution in [2.24, 2.45) is 0 Å². The number of halogens is 2. The molecule has 0 aromatic heterocycles. The molecule has 3 rings (SSSR count). The molecule has 1 aliphatic heterocycles. The Hall–Kier alpha value is -2.37. The van der Waals surface area contributed by atoms with Crippen molar-refractivity contribution in [1.29, 1.82) is 0 Å². The number of hydrogen-bond donors (Lipinski definition) is 1. The van der Waals surface area contributed by atoms with Gasteiger partial charge < -0.3 is 5.32 Å². The number of benzene rings is 2. The van der Waals surface area contributed by atoms with Crippen molar-refractivity contribution >= 4 is 40.9 Å². The van der Waals surface area contributed by atoms with Gasteiger partial charge in [-0.05, 0) is 30.2 Å². The number of imide groups is 1. The molecule has 134 valence electrons. The molecule has 2 aromatic rings. The molecule has 0 radical (unpaired) electrons. The monoisotopic (exact) mass is 390 g/mol. The van der Waals surface area contributed by atoms with Gasteiger partial charge in [-0.3, -0.25) is 14.5 Å². The average Bonchev–Trinajstić information content (AvgIpc) is 2.89. The van der Waals surface area contributed by atoms with Gasteiger partial charge >= 0.3 is 6.03 Å². The molecule has 1 saturated heterocycles. The molecule has 0 spiro atoms. The van der Waals surface area contributed by atoms with Crippen LogP contribution in [0.2, 0.25) is 10.0 Å². The van der Waals surface area contributed by atoms with Gasteiger partial charge in [0.2, 0.25) is 0 Å². The van der Waals surface area contributed by atoms with Gasteiger partial charge in [-0.1, -0.05) is 60.5 Å². The zero-order valence-corrected chi connectivity index (χ0v) is 15.5. The highest BCUT2D eigenvalue weighted by Gasteiger charge is 2.51. The average molecular weight is 391 g/mol. The Bertz CT molecular complexity index is 886. The third kappa shape index (κ3) is 3.08. The van der Waals surface area contributed by atoms with E-state index in [1.807, 2.05) is 13.0 Å². The third-order valence-electron chi connectivity index (χ3n) is 4.52. The van der Waals surface area contributed by atoms with Crippen LogP contribution in [0, 0.1) is 0 Å². The molecule has 0 aliphatic carbocycles. The van der Waals surface area contributed by atoms with Crippen molar-refractivity contribution in [2.75, 3.05) is 6.54 Å². The molecule has 7 heteroatoms. The van der Waals surface area contributed by atoms with Crippen molar-refractivity contribution in [2.45, 2.75) is 18.9 Å². The SMILES string of the molecule is CCC1(c2ccccc2)NC(=O)N(CC(=O)c2ccc(Cl)c(Cl)c2)C1=O. The number of ketones is 1. The van der Waals surface area contributed by atoms with Crippen molar-refractivity contribution in [3.8, 4) is 0 Å². The topological polar surface area (TPSA) is 66.5 Å². The Balaban J connectivity index is 1.87. The van der Waals surface area contributed by atoms with Crippen LogP contribution < -0.4 is 5.32 Å². The van der Waals surface area contributed by atoms with Gasteiger partial charge in [0, 0.05) is 5.56 Å². The molecule has 3 amide bonds. The van der Waals surface area contributed by atoms with Crippen LogP contribution in [0.4, 0.5) is 4.79 Å². The maximum Gasteiger partial charge on any atom is 0.325 e. The molecule has 0 bridgehead atoms. The Morgan fingerprint density at radius 2 is 1.77 bits per heavy atom. The summed E-state index contributed by atoms with van der Waals surface area (Å²) < 4.78 is 0. The highest BCUT2D eigenvalue weighted by atomic mass is 35.5. The summed E-state index contributed by atoms with van der Waals surface area (Å²) in [6.45, 7) is 1.45. The van der Waals surface area contributed by atoms with Crippen molar-refractivity contribution in [3.63, 3.8) is 0 Å². The summed E-state index contributed by atoms with van der Waals surface area (Å²) in [6, 6.07) is 12.9. The third-order valence-corrected chi connectivity index (χ3v) is 5.25. The van der Waals surface area contributed by atoms with Crippen molar-refractivity contribution < 1.29 is 14.4 Å². The highest BCUT2D eigenvalue weighted by molar-refractivity contribution is 6.42. The largest absolute Gasteiger partial charge is 0.325 e. The second-order valence-corrected chi connectivity index (χ2v) is 6.81. The number of nitrogens with one attached hydrogen (secondary N) is 1. The van der Waals surface area contributed by atoms with E-state index < -0.39 is 23.3 Å². The fraction of sp³-hybridized carbons (Fsp3) is 0.211. The molecule has 1 aliphatic rings. The zero-order valence-electron chi connectivity index (χ0n) is 14.0. The van der Waals surface area contributed by atoms with E-state index in [1.165, 1.54) is 18.2 Å². The second-order valence-electron chi connectivity index (χ2n) is 6.00. The fourth-order valence-corrected chi connectivity index (χ4v) is 3.33. The lowest BCUT2D eigenvalue weighted by Gasteiger charge is -2.25. The number of carbonyl (C=O) groups excluding carboxylic acids is 3. The van der Waals surface area contributed by atoms with Gasteiger partial charge in [0.1, 0.15) is 5.54 Å². The molecule has 1 atom stereocenters. The molecule has 1 fully saturated rings. The standard InChI is InChI=1S/C19H16Cl2N2O3/c1-2-19(13-6-4-3-5-7-13)17(25)23(18(26)22-19)11-16(24)12-8-9-14(20)15(21)10-12/h3-10H,2,11H2,1H3,(H,22,26). The molecule has 0 saturated carbocycles. The molecule has 1 N–H and O–H groups in total. The first-order chi connectivity index (χ1) is 12.4. The highest BCUT2D eigenvalue weighted by Crippen LogP contribution is 2.32. The molecule has 1 unspecified atom stereocenters. The number of rotatable bonds is 5. The van der Waals surface area contributed by atoms with Crippen LogP contribution in [0.3, 0.4) is 0 Å². The molecule has 5 nitrogen and oxygen atoms in total. The van der Waals surface area contributed by atoms with E-state index in [0.717, 1.165) is 4.90 Å². The van der Waals surface area contributed by atoms with Crippen LogP contribution in [0.5, 0.6) is 0 Å². The minimum Gasteiger partial charge on any atom is -0.319 e. The molecule has 26 heavy (non-hydrogen) atoms. The number of urea groups is 1. The summed E-state index contributed by atoms with van der Waals surface area (Å²) in [5.41, 5.74) is -0.185. The van der Waals surface area contributed by atoms with Crippen LogP contribution >= 0.6 is 23.2 Å². The van der Waals surface area contributed by atoms with Crippen molar-refractivity contribution in [1.82, 2.24) is 10.2 Å². The number of carbonyl (C=O) groups is 3. The van der Waals surface area contributed by atoms with E-state index in [-0.39, 0.29) is 17.1 Å². The van der Waals surface area contributed by atoms with Crippen LogP contribution in [-0.2, 0) is 10.3 Å². The Morgan fingerprint density at radius 1 is 1.08 bits per heavy atom. The first kappa shape index (κ1) is 18.4. The van der Waals surface area contributed by atoms with E-state index >= 15 is 0 Å². The number of amides is 3. The second kappa shape index (κ2) is 7.09. The van der Waals surface area contributed by atoms with E-state index in [1.54, 1.807) is 24.3 Å². The number of hydrogen-bond acceptors (Lipinski definition) is 3. The summed E-state index contributed by atoms with van der Waals surface area (Å²) in [5.74, 6) is -0.836. The van der Waals surface area contributed by atoms with Crippen LogP contribution in [0.15, 0.2) is 48.5 Å². The summed E-state index contributed by atoms with van der Waals surface area (Å²) in [6.07, 6.45) is 0.374. The van der Waals surface area contributed by atoms with E-state index in [2.05, 4.69) is 5.32 Å².